The van der Waals surface area contributed by atoms with Gasteiger partial charge in [0.15, 0.2) is 0 Å². The van der Waals surface area contributed by atoms with E-state index in [-0.39, 0.29) is 11.8 Å². The molecule has 1 fully saturated rings. The van der Waals surface area contributed by atoms with Crippen LogP contribution >= 0.6 is 0 Å². The van der Waals surface area contributed by atoms with Gasteiger partial charge >= 0.3 is 0 Å². The maximum Gasteiger partial charge on any atom is 0.222 e. The van der Waals surface area contributed by atoms with Crippen molar-refractivity contribution in [2.45, 2.75) is 19.3 Å². The fourth-order valence-electron chi connectivity index (χ4n) is 2.50. The highest BCUT2D eigenvalue weighted by Crippen LogP contribution is 2.13. The molecule has 0 aliphatic carbocycles. The Hall–Kier alpha value is -2.11. The zero-order chi connectivity index (χ0) is 15.9. The second-order valence-corrected chi connectivity index (χ2v) is 5.70. The number of rotatable bonds is 5. The molecule has 1 aliphatic rings. The number of amides is 2. The van der Waals surface area contributed by atoms with Gasteiger partial charge in [-0.1, -0.05) is 6.07 Å². The molecule has 0 saturated carbocycles. The number of anilines is 1. The quantitative estimate of drug-likeness (QED) is 0.814. The summed E-state index contributed by atoms with van der Waals surface area (Å²) in [5, 5.41) is 0. The van der Waals surface area contributed by atoms with E-state index in [1.165, 1.54) is 0 Å². The summed E-state index contributed by atoms with van der Waals surface area (Å²) < 4.78 is 0. The molecular formula is C16H24N4O2. The van der Waals surface area contributed by atoms with Crippen molar-refractivity contribution in [1.29, 1.82) is 0 Å². The Balaban J connectivity index is 1.72. The molecule has 6 nitrogen and oxygen atoms in total. The number of nitrogens with zero attached hydrogens (tertiary/aromatic N) is 4. The number of aromatic nitrogens is 1. The monoisotopic (exact) mass is 304 g/mol. The molecule has 2 amide bonds. The third-order valence-electron chi connectivity index (χ3n) is 3.89. The van der Waals surface area contributed by atoms with Gasteiger partial charge in [-0.05, 0) is 18.6 Å². The van der Waals surface area contributed by atoms with Crippen LogP contribution in [0.5, 0.6) is 0 Å². The molecular weight excluding hydrogens is 280 g/mol. The van der Waals surface area contributed by atoms with Gasteiger partial charge in [-0.15, -0.1) is 0 Å². The number of carbonyl (C=O) groups excluding carboxylic acids is 2. The summed E-state index contributed by atoms with van der Waals surface area (Å²) in [5.74, 6) is 1.19. The normalized spacial score (nSPS) is 14.8. The smallest absolute Gasteiger partial charge is 0.222 e. The zero-order valence-electron chi connectivity index (χ0n) is 13.4. The summed E-state index contributed by atoms with van der Waals surface area (Å²) in [6.07, 6.45) is 3.29. The lowest BCUT2D eigenvalue weighted by atomic mass is 10.2. The van der Waals surface area contributed by atoms with Crippen LogP contribution in [0, 0.1) is 0 Å². The molecule has 0 radical (unpaired) electrons. The van der Waals surface area contributed by atoms with E-state index in [1.54, 1.807) is 25.2 Å². The van der Waals surface area contributed by atoms with E-state index in [1.807, 2.05) is 23.1 Å². The molecule has 0 unspecified atom stereocenters. The molecule has 0 spiro atoms. The van der Waals surface area contributed by atoms with E-state index in [0.717, 1.165) is 32.0 Å². The van der Waals surface area contributed by atoms with E-state index >= 15 is 0 Å². The molecule has 1 aliphatic heterocycles. The van der Waals surface area contributed by atoms with Gasteiger partial charge in [-0.2, -0.15) is 0 Å². The number of pyridine rings is 1. The third kappa shape index (κ3) is 4.44. The Labute approximate surface area is 131 Å². The first kappa shape index (κ1) is 16.3. The van der Waals surface area contributed by atoms with E-state index < -0.39 is 0 Å². The fourth-order valence-corrected chi connectivity index (χ4v) is 2.50. The van der Waals surface area contributed by atoms with Crippen LogP contribution in [0.4, 0.5) is 5.82 Å². The Morgan fingerprint density at radius 3 is 2.45 bits per heavy atom. The summed E-state index contributed by atoms with van der Waals surface area (Å²) in [5.41, 5.74) is 0. The van der Waals surface area contributed by atoms with Crippen molar-refractivity contribution in [2.75, 3.05) is 45.2 Å². The molecule has 0 bridgehead atoms. The van der Waals surface area contributed by atoms with E-state index in [9.17, 15) is 9.59 Å². The van der Waals surface area contributed by atoms with Crippen LogP contribution in [-0.2, 0) is 9.59 Å². The van der Waals surface area contributed by atoms with E-state index in [0.29, 0.717) is 19.3 Å². The zero-order valence-corrected chi connectivity index (χ0v) is 13.4. The molecule has 6 heteroatoms. The summed E-state index contributed by atoms with van der Waals surface area (Å²) in [4.78, 5) is 33.6. The van der Waals surface area contributed by atoms with Crippen molar-refractivity contribution in [1.82, 2.24) is 14.8 Å². The summed E-state index contributed by atoms with van der Waals surface area (Å²) in [7, 11) is 3.47. The highest BCUT2D eigenvalue weighted by atomic mass is 16.2. The van der Waals surface area contributed by atoms with E-state index in [2.05, 4.69) is 9.88 Å². The van der Waals surface area contributed by atoms with Crippen molar-refractivity contribution in [2.24, 2.45) is 0 Å². The molecule has 22 heavy (non-hydrogen) atoms. The second kappa shape index (κ2) is 7.77. The summed E-state index contributed by atoms with van der Waals surface area (Å²) in [6, 6.07) is 5.87. The highest BCUT2D eigenvalue weighted by Gasteiger charge is 2.21. The average molecular weight is 304 g/mol. The molecule has 2 rings (SSSR count). The van der Waals surface area contributed by atoms with Crippen molar-refractivity contribution < 1.29 is 9.59 Å². The number of hydrogen-bond donors (Lipinski definition) is 0. The summed E-state index contributed by atoms with van der Waals surface area (Å²) in [6.45, 7) is 3.05. The summed E-state index contributed by atoms with van der Waals surface area (Å²) >= 11 is 0. The van der Waals surface area contributed by atoms with Crippen LogP contribution in [0.3, 0.4) is 0 Å². The Bertz CT molecular complexity index is 496. The lowest BCUT2D eigenvalue weighted by Crippen LogP contribution is -2.49. The van der Waals surface area contributed by atoms with Crippen LogP contribution in [0.1, 0.15) is 19.3 Å². The molecule has 1 aromatic heterocycles. The number of carbonyl (C=O) groups is 2. The topological polar surface area (TPSA) is 56.8 Å². The van der Waals surface area contributed by atoms with Gasteiger partial charge < -0.3 is 14.7 Å². The molecule has 1 saturated heterocycles. The van der Waals surface area contributed by atoms with Crippen LogP contribution in [0.2, 0.25) is 0 Å². The fraction of sp³-hybridized carbons (Fsp3) is 0.562. The molecule has 2 heterocycles. The minimum absolute atomic E-state index is 0.0766. The number of piperazine rings is 1. The standard InChI is InChI=1S/C16H24N4O2/c1-18(2)15(21)7-5-8-16(22)20-12-10-19(11-13-20)14-6-3-4-9-17-14/h3-4,6,9H,5,7-8,10-13H2,1-2H3. The van der Waals surface area contributed by atoms with Gasteiger partial charge in [0.1, 0.15) is 5.82 Å². The third-order valence-corrected chi connectivity index (χ3v) is 3.89. The molecule has 0 atom stereocenters. The van der Waals surface area contributed by atoms with Crippen molar-refractivity contribution in [3.8, 4) is 0 Å². The van der Waals surface area contributed by atoms with Crippen molar-refractivity contribution >= 4 is 17.6 Å². The van der Waals surface area contributed by atoms with Crippen LogP contribution < -0.4 is 4.90 Å². The van der Waals surface area contributed by atoms with Gasteiger partial charge in [-0.3, -0.25) is 9.59 Å². The maximum absolute atomic E-state index is 12.2. The van der Waals surface area contributed by atoms with Gasteiger partial charge in [0.2, 0.25) is 11.8 Å². The molecule has 120 valence electrons. The molecule has 0 N–H and O–H groups in total. The second-order valence-electron chi connectivity index (χ2n) is 5.70. The first-order valence-corrected chi connectivity index (χ1v) is 7.72. The lowest BCUT2D eigenvalue weighted by Gasteiger charge is -2.35. The van der Waals surface area contributed by atoms with Gasteiger partial charge in [-0.25, -0.2) is 4.98 Å². The molecule has 1 aromatic rings. The predicted molar refractivity (Wildman–Crippen MR) is 85.6 cm³/mol. The average Bonchev–Trinajstić information content (AvgIpc) is 2.55. The van der Waals surface area contributed by atoms with Gasteiger partial charge in [0.25, 0.3) is 0 Å². The van der Waals surface area contributed by atoms with Gasteiger partial charge in [0, 0.05) is 59.3 Å². The maximum atomic E-state index is 12.2. The first-order chi connectivity index (χ1) is 10.6. The first-order valence-electron chi connectivity index (χ1n) is 7.72. The van der Waals surface area contributed by atoms with Crippen molar-refractivity contribution in [3.63, 3.8) is 0 Å². The lowest BCUT2D eigenvalue weighted by molar-refractivity contribution is -0.132. The minimum atomic E-state index is 0.0766. The van der Waals surface area contributed by atoms with Crippen molar-refractivity contribution in [3.05, 3.63) is 24.4 Å². The Kier molecular flexibility index (Phi) is 5.75. The Morgan fingerprint density at radius 2 is 1.86 bits per heavy atom. The minimum Gasteiger partial charge on any atom is -0.353 e. The predicted octanol–water partition coefficient (Wildman–Crippen LogP) is 0.989. The van der Waals surface area contributed by atoms with Gasteiger partial charge in [0.05, 0.1) is 0 Å². The largest absolute Gasteiger partial charge is 0.353 e. The molecule has 0 aromatic carbocycles. The number of hydrogen-bond acceptors (Lipinski definition) is 4. The Morgan fingerprint density at radius 1 is 1.14 bits per heavy atom. The van der Waals surface area contributed by atoms with Crippen LogP contribution in [-0.4, -0.2) is 66.9 Å². The SMILES string of the molecule is CN(C)C(=O)CCCC(=O)N1CCN(c2ccccn2)CC1. The van der Waals surface area contributed by atoms with Crippen LogP contribution in [0.25, 0.3) is 0 Å². The highest BCUT2D eigenvalue weighted by molar-refractivity contribution is 5.79. The van der Waals surface area contributed by atoms with E-state index in [4.69, 9.17) is 0 Å². The van der Waals surface area contributed by atoms with Crippen LogP contribution in [0.15, 0.2) is 24.4 Å².